The molecule has 378 valence electrons. The van der Waals surface area contributed by atoms with Crippen molar-refractivity contribution in [2.45, 2.75) is 0 Å². The van der Waals surface area contributed by atoms with Crippen molar-refractivity contribution >= 4 is 65.9 Å². The van der Waals surface area contributed by atoms with Crippen LogP contribution in [0.2, 0.25) is 0 Å². The van der Waals surface area contributed by atoms with E-state index in [1.165, 1.54) is 11.1 Å². The van der Waals surface area contributed by atoms with Gasteiger partial charge in [0.05, 0.1) is 11.4 Å². The molecule has 0 atom stereocenters. The summed E-state index contributed by atoms with van der Waals surface area (Å²) in [6.07, 6.45) is 3.65. The molecule has 6 aromatic heterocycles. The van der Waals surface area contributed by atoms with Gasteiger partial charge < -0.3 is 8.83 Å². The van der Waals surface area contributed by atoms with Crippen molar-refractivity contribution in [2.75, 3.05) is 0 Å². The molecule has 0 amide bonds. The molecule has 0 N–H and O–H groups in total. The number of hydrogen-bond donors (Lipinski definition) is 0. The predicted molar refractivity (Wildman–Crippen MR) is 334 cm³/mol. The lowest BCUT2D eigenvalue weighted by Gasteiger charge is -2.24. The number of nitrogens with zero attached hydrogens (tertiary/aromatic N) is 4. The van der Waals surface area contributed by atoms with Crippen LogP contribution in [0.25, 0.3) is 189 Å². The minimum absolute atomic E-state index is 0.702. The molecule has 0 aliphatic heterocycles. The molecule has 0 saturated carbocycles. The van der Waals surface area contributed by atoms with Crippen molar-refractivity contribution in [1.82, 2.24) is 19.9 Å². The van der Waals surface area contributed by atoms with E-state index in [0.717, 1.165) is 166 Å². The second-order valence-corrected chi connectivity index (χ2v) is 21.5. The maximum atomic E-state index is 7.19. The molecule has 0 radical (unpaired) electrons. The summed E-state index contributed by atoms with van der Waals surface area (Å²) in [5, 5.41) is 6.28. The van der Waals surface area contributed by atoms with Gasteiger partial charge in [-0.2, -0.15) is 0 Å². The van der Waals surface area contributed by atoms with Gasteiger partial charge in [-0.1, -0.05) is 176 Å². The number of para-hydroxylation sites is 3. The van der Waals surface area contributed by atoms with Crippen LogP contribution >= 0.6 is 0 Å². The normalized spacial score (nSPS) is 12.1. The van der Waals surface area contributed by atoms with Gasteiger partial charge in [0.1, 0.15) is 22.3 Å². The molecular formula is C76H42N4O2. The Bertz CT molecular complexity index is 5430. The highest BCUT2D eigenvalue weighted by Gasteiger charge is 2.29. The average Bonchev–Trinajstić information content (AvgIpc) is 4.23. The molecule has 2 aliphatic carbocycles. The first-order valence-electron chi connectivity index (χ1n) is 27.7. The smallest absolute Gasteiger partial charge is 0.159 e. The van der Waals surface area contributed by atoms with E-state index >= 15 is 0 Å². The molecular weight excluding hydrogens is 1000 g/mol. The van der Waals surface area contributed by atoms with Crippen LogP contribution in [0.1, 0.15) is 0 Å². The highest BCUT2D eigenvalue weighted by atomic mass is 16.3. The first-order valence-corrected chi connectivity index (χ1v) is 27.7. The minimum Gasteiger partial charge on any atom is -0.455 e. The van der Waals surface area contributed by atoms with Gasteiger partial charge in [-0.05, 0) is 145 Å². The maximum Gasteiger partial charge on any atom is 0.159 e. The van der Waals surface area contributed by atoms with Gasteiger partial charge in [0, 0.05) is 78.1 Å². The fourth-order valence-corrected chi connectivity index (χ4v) is 13.4. The third kappa shape index (κ3) is 6.57. The van der Waals surface area contributed by atoms with Gasteiger partial charge in [-0.3, -0.25) is 0 Å². The van der Waals surface area contributed by atoms with Gasteiger partial charge in [-0.15, -0.1) is 0 Å². The Morgan fingerprint density at radius 1 is 0.244 bits per heavy atom. The van der Waals surface area contributed by atoms with Gasteiger partial charge in [0.25, 0.3) is 0 Å². The van der Waals surface area contributed by atoms with Gasteiger partial charge >= 0.3 is 0 Å². The number of furan rings is 2. The Morgan fingerprint density at radius 2 is 0.683 bits per heavy atom. The van der Waals surface area contributed by atoms with Crippen molar-refractivity contribution in [1.29, 1.82) is 0 Å². The van der Waals surface area contributed by atoms with Crippen molar-refractivity contribution in [3.63, 3.8) is 0 Å². The zero-order valence-electron chi connectivity index (χ0n) is 43.9. The number of pyridine rings is 4. The Kier molecular flexibility index (Phi) is 9.41. The Morgan fingerprint density at radius 3 is 1.39 bits per heavy atom. The highest BCUT2D eigenvalue weighted by Crippen LogP contribution is 2.53. The third-order valence-electron chi connectivity index (χ3n) is 17.1. The number of fused-ring (bicyclic) bond motifs is 24. The fourth-order valence-electron chi connectivity index (χ4n) is 13.4. The maximum absolute atomic E-state index is 7.19. The zero-order valence-corrected chi connectivity index (χ0v) is 43.9. The summed E-state index contributed by atoms with van der Waals surface area (Å²) in [6, 6.07) is 87.1. The van der Waals surface area contributed by atoms with Crippen molar-refractivity contribution < 1.29 is 8.83 Å². The van der Waals surface area contributed by atoms with Crippen LogP contribution in [0.5, 0.6) is 0 Å². The summed E-state index contributed by atoms with van der Waals surface area (Å²) in [5.41, 5.74) is 28.4. The first-order chi connectivity index (χ1) is 40.6. The summed E-state index contributed by atoms with van der Waals surface area (Å²) in [7, 11) is 0. The van der Waals surface area contributed by atoms with E-state index in [1.807, 2.05) is 36.7 Å². The molecule has 0 fully saturated rings. The molecule has 0 saturated heterocycles. The molecule has 16 aromatic rings. The van der Waals surface area contributed by atoms with Crippen LogP contribution in [-0.2, 0) is 0 Å². The lowest BCUT2D eigenvalue weighted by Crippen LogP contribution is -2.01. The number of benzene rings is 10. The van der Waals surface area contributed by atoms with E-state index < -0.39 is 0 Å². The fraction of sp³-hybridized carbons (Fsp3) is 0. The monoisotopic (exact) mass is 1040 g/mol. The molecule has 6 nitrogen and oxygen atoms in total. The van der Waals surface area contributed by atoms with E-state index in [9.17, 15) is 0 Å². The molecule has 6 heterocycles. The van der Waals surface area contributed by atoms with Crippen LogP contribution in [0, 0.1) is 0 Å². The molecule has 82 heavy (non-hydrogen) atoms. The Labute approximate surface area is 469 Å². The molecule has 0 unspecified atom stereocenters. The van der Waals surface area contributed by atoms with E-state index in [2.05, 4.69) is 218 Å². The summed E-state index contributed by atoms with van der Waals surface area (Å²) in [5.74, 6) is 0. The van der Waals surface area contributed by atoms with E-state index in [-0.39, 0.29) is 0 Å². The van der Waals surface area contributed by atoms with Crippen molar-refractivity contribution in [3.05, 3.63) is 255 Å². The van der Waals surface area contributed by atoms with E-state index in [4.69, 9.17) is 28.8 Å². The zero-order chi connectivity index (χ0) is 53.6. The number of hydrogen-bond acceptors (Lipinski definition) is 6. The lowest BCUT2D eigenvalue weighted by atomic mass is 9.80. The first kappa shape index (κ1) is 44.9. The molecule has 18 rings (SSSR count). The SMILES string of the molecule is c1ccc2c(c1)-c1cc(-c3ccc4c(c3)oc3c(-c5cccc6c5-c5nc7ncccc7cc5-c5ccccc5-c5ccccc5-6)cccc34)ccc1-c1cc3cccnc3nc1-c1cc(-c3cccc4c3oc3ccccc34)ccc1-2. The average molecular weight is 1040 g/mol. The molecule has 10 aromatic carbocycles. The molecule has 6 heteroatoms. The quantitative estimate of drug-likeness (QED) is 0.175. The highest BCUT2D eigenvalue weighted by molar-refractivity contribution is 6.15. The Hall–Kier alpha value is -11.1. The molecule has 0 spiro atoms. The van der Waals surface area contributed by atoms with Crippen LogP contribution < -0.4 is 0 Å². The summed E-state index contributed by atoms with van der Waals surface area (Å²) < 4.78 is 13.8. The standard InChI is InChI=1S/C76H42N4O2/c1-4-19-52-49(16-1)50-17-3-6-21-54(50)67-41-47-15-13-37-78-76(47)80-72(67)70-59(52)24-10-25-60(70)63-28-11-27-62-58-35-31-44(42-69(58)82-74(62)63)43-30-33-56-64(38-43)53-20-5-2-18-51(53)55-34-32-45(39-65(55)71-66(56)40-46-14-12-36-77-75(46)79-71)48-23-9-26-61-57-22-7-8-29-68(57)81-73(48)61/h1-42H. The molecule has 2 aliphatic rings. The molecule has 0 bridgehead atoms. The van der Waals surface area contributed by atoms with Gasteiger partial charge in [-0.25, -0.2) is 19.9 Å². The Balaban J connectivity index is 0.806. The number of rotatable bonds is 3. The van der Waals surface area contributed by atoms with Gasteiger partial charge in [0.2, 0.25) is 0 Å². The second kappa shape index (κ2) is 17.2. The number of aromatic nitrogens is 4. The lowest BCUT2D eigenvalue weighted by molar-refractivity contribution is 0.669. The van der Waals surface area contributed by atoms with Crippen LogP contribution in [-0.4, -0.2) is 19.9 Å². The minimum atomic E-state index is 0.702. The largest absolute Gasteiger partial charge is 0.455 e. The third-order valence-corrected chi connectivity index (χ3v) is 17.1. The topological polar surface area (TPSA) is 77.8 Å². The van der Waals surface area contributed by atoms with E-state index in [0.29, 0.717) is 11.3 Å². The predicted octanol–water partition coefficient (Wildman–Crippen LogP) is 20.3. The van der Waals surface area contributed by atoms with Crippen molar-refractivity contribution in [2.24, 2.45) is 0 Å². The second-order valence-electron chi connectivity index (χ2n) is 21.5. The summed E-state index contributed by atoms with van der Waals surface area (Å²) in [4.78, 5) is 20.5. The summed E-state index contributed by atoms with van der Waals surface area (Å²) >= 11 is 0. The van der Waals surface area contributed by atoms with Crippen LogP contribution in [0.3, 0.4) is 0 Å². The van der Waals surface area contributed by atoms with Crippen molar-refractivity contribution in [3.8, 4) is 123 Å². The van der Waals surface area contributed by atoms with Crippen LogP contribution in [0.15, 0.2) is 264 Å². The summed E-state index contributed by atoms with van der Waals surface area (Å²) in [6.45, 7) is 0. The van der Waals surface area contributed by atoms with Crippen LogP contribution in [0.4, 0.5) is 0 Å². The van der Waals surface area contributed by atoms with E-state index in [1.54, 1.807) is 0 Å². The van der Waals surface area contributed by atoms with Gasteiger partial charge in [0.15, 0.2) is 11.3 Å².